The van der Waals surface area contributed by atoms with Crippen LogP contribution in [0.1, 0.15) is 39.5 Å². The summed E-state index contributed by atoms with van der Waals surface area (Å²) < 4.78 is 24.1. The van der Waals surface area contributed by atoms with Gasteiger partial charge in [-0.15, -0.1) is 0 Å². The average molecular weight is 273 g/mol. The van der Waals surface area contributed by atoms with Crippen LogP contribution in [-0.4, -0.2) is 48.9 Å². The van der Waals surface area contributed by atoms with E-state index in [0.29, 0.717) is 12.5 Å². The van der Waals surface area contributed by atoms with Crippen LogP contribution in [0.15, 0.2) is 4.99 Å². The highest BCUT2D eigenvalue weighted by Gasteiger charge is 2.55. The summed E-state index contributed by atoms with van der Waals surface area (Å²) in [4.78, 5) is 6.42. The Morgan fingerprint density at radius 1 is 1.61 bits per heavy atom. The predicted octanol–water partition coefficient (Wildman–Crippen LogP) is 0.751. The molecule has 1 saturated carbocycles. The van der Waals surface area contributed by atoms with Gasteiger partial charge in [-0.3, -0.25) is 4.99 Å². The standard InChI is InChI=1S/C12H23N3O2S/c1-4-9(2)15-11(13)14-8-12(15)7-5-6-10(12)18(3,16)17/h9-10H,4-8H2,1-3H3,(H2,13,14). The Morgan fingerprint density at radius 3 is 2.83 bits per heavy atom. The molecule has 5 nitrogen and oxygen atoms in total. The molecule has 0 aromatic heterocycles. The van der Waals surface area contributed by atoms with Gasteiger partial charge in [0.2, 0.25) is 0 Å². The van der Waals surface area contributed by atoms with Crippen LogP contribution in [0.3, 0.4) is 0 Å². The Hall–Kier alpha value is -0.780. The molecule has 1 heterocycles. The van der Waals surface area contributed by atoms with E-state index in [-0.39, 0.29) is 16.8 Å². The van der Waals surface area contributed by atoms with E-state index in [0.717, 1.165) is 25.7 Å². The van der Waals surface area contributed by atoms with E-state index in [1.807, 2.05) is 0 Å². The lowest BCUT2D eigenvalue weighted by Gasteiger charge is -2.43. The summed E-state index contributed by atoms with van der Waals surface area (Å²) >= 11 is 0. The summed E-state index contributed by atoms with van der Waals surface area (Å²) in [6, 6.07) is 0.235. The number of aliphatic imine (C=N–C) groups is 1. The van der Waals surface area contributed by atoms with Crippen molar-refractivity contribution >= 4 is 15.8 Å². The van der Waals surface area contributed by atoms with Crippen molar-refractivity contribution in [2.45, 2.75) is 56.4 Å². The minimum absolute atomic E-state index is 0.235. The maximum absolute atomic E-state index is 12.0. The quantitative estimate of drug-likeness (QED) is 0.823. The third-order valence-corrected chi connectivity index (χ3v) is 6.17. The molecule has 1 aliphatic heterocycles. The normalized spacial score (nSPS) is 34.1. The molecular weight excluding hydrogens is 250 g/mol. The lowest BCUT2D eigenvalue weighted by atomic mass is 9.94. The summed E-state index contributed by atoms with van der Waals surface area (Å²) in [6.07, 6.45) is 4.82. The number of nitrogens with two attached hydrogens (primary N) is 1. The molecule has 1 spiro atoms. The van der Waals surface area contributed by atoms with Gasteiger partial charge in [0, 0.05) is 12.3 Å². The predicted molar refractivity (Wildman–Crippen MR) is 73.3 cm³/mol. The number of hydrogen-bond donors (Lipinski definition) is 1. The topological polar surface area (TPSA) is 75.8 Å². The van der Waals surface area contributed by atoms with Crippen LogP contribution in [0.4, 0.5) is 0 Å². The van der Waals surface area contributed by atoms with Crippen molar-refractivity contribution in [1.29, 1.82) is 0 Å². The highest BCUT2D eigenvalue weighted by Crippen LogP contribution is 2.43. The number of rotatable bonds is 3. The van der Waals surface area contributed by atoms with Crippen molar-refractivity contribution in [2.75, 3.05) is 12.8 Å². The molecular formula is C12H23N3O2S. The van der Waals surface area contributed by atoms with E-state index in [1.54, 1.807) is 0 Å². The summed E-state index contributed by atoms with van der Waals surface area (Å²) in [5.41, 5.74) is 5.61. The molecule has 6 heteroatoms. The average Bonchev–Trinajstić information content (AvgIpc) is 2.83. The maximum Gasteiger partial charge on any atom is 0.192 e. The molecule has 2 rings (SSSR count). The zero-order valence-electron chi connectivity index (χ0n) is 11.4. The minimum atomic E-state index is -3.06. The molecule has 2 N–H and O–H groups in total. The molecule has 0 aromatic carbocycles. The zero-order chi connectivity index (χ0) is 13.6. The molecule has 0 radical (unpaired) electrons. The van der Waals surface area contributed by atoms with Gasteiger partial charge >= 0.3 is 0 Å². The highest BCUT2D eigenvalue weighted by molar-refractivity contribution is 7.91. The van der Waals surface area contributed by atoms with Crippen LogP contribution in [-0.2, 0) is 9.84 Å². The highest BCUT2D eigenvalue weighted by atomic mass is 32.2. The lowest BCUT2D eigenvalue weighted by molar-refractivity contribution is 0.160. The molecule has 0 aromatic rings. The van der Waals surface area contributed by atoms with Gasteiger partial charge < -0.3 is 10.6 Å². The van der Waals surface area contributed by atoms with Crippen LogP contribution in [0, 0.1) is 0 Å². The first kappa shape index (κ1) is 13.6. The van der Waals surface area contributed by atoms with Gasteiger partial charge in [-0.1, -0.05) is 6.92 Å². The molecule has 18 heavy (non-hydrogen) atoms. The Morgan fingerprint density at radius 2 is 2.28 bits per heavy atom. The molecule has 0 bridgehead atoms. The number of hydrogen-bond acceptors (Lipinski definition) is 5. The second-order valence-electron chi connectivity index (χ2n) is 5.62. The Balaban J connectivity index is 2.41. The van der Waals surface area contributed by atoms with E-state index >= 15 is 0 Å². The van der Waals surface area contributed by atoms with Crippen molar-refractivity contribution in [1.82, 2.24) is 4.90 Å². The molecule has 3 unspecified atom stereocenters. The molecule has 0 amide bonds. The van der Waals surface area contributed by atoms with Crippen LogP contribution in [0.2, 0.25) is 0 Å². The summed E-state index contributed by atoms with van der Waals surface area (Å²) in [6.45, 7) is 4.71. The second-order valence-corrected chi connectivity index (χ2v) is 7.84. The summed E-state index contributed by atoms with van der Waals surface area (Å²) in [5.74, 6) is 0.514. The van der Waals surface area contributed by atoms with Gasteiger partial charge in [-0.25, -0.2) is 8.42 Å². The fraction of sp³-hybridized carbons (Fsp3) is 0.917. The van der Waals surface area contributed by atoms with Crippen molar-refractivity contribution in [3.05, 3.63) is 0 Å². The molecule has 0 saturated heterocycles. The van der Waals surface area contributed by atoms with Crippen LogP contribution < -0.4 is 5.73 Å². The molecule has 104 valence electrons. The number of guanidine groups is 1. The van der Waals surface area contributed by atoms with Crippen molar-refractivity contribution in [3.63, 3.8) is 0 Å². The maximum atomic E-state index is 12.0. The van der Waals surface area contributed by atoms with E-state index < -0.39 is 9.84 Å². The van der Waals surface area contributed by atoms with Gasteiger partial charge in [0.1, 0.15) is 0 Å². The third-order valence-electron chi connectivity index (χ3n) is 4.47. The Bertz CT molecular complexity index is 460. The molecule has 3 atom stereocenters. The first-order valence-electron chi connectivity index (χ1n) is 6.61. The SMILES string of the molecule is CCC(C)N1C(N)=NCC12CCCC2S(C)(=O)=O. The number of sulfone groups is 1. The van der Waals surface area contributed by atoms with Crippen LogP contribution >= 0.6 is 0 Å². The zero-order valence-corrected chi connectivity index (χ0v) is 12.2. The lowest BCUT2D eigenvalue weighted by Crippen LogP contribution is -2.60. The van der Waals surface area contributed by atoms with Gasteiger partial charge in [0.05, 0.1) is 17.3 Å². The van der Waals surface area contributed by atoms with Gasteiger partial charge in [0.15, 0.2) is 15.8 Å². The van der Waals surface area contributed by atoms with Crippen LogP contribution in [0.5, 0.6) is 0 Å². The van der Waals surface area contributed by atoms with E-state index in [9.17, 15) is 8.42 Å². The Labute approximate surface area is 109 Å². The van der Waals surface area contributed by atoms with E-state index in [4.69, 9.17) is 5.73 Å². The first-order valence-corrected chi connectivity index (χ1v) is 8.56. The van der Waals surface area contributed by atoms with Crippen molar-refractivity contribution in [3.8, 4) is 0 Å². The molecule has 1 aliphatic carbocycles. The minimum Gasteiger partial charge on any atom is -0.370 e. The second kappa shape index (κ2) is 4.40. The number of nitrogens with zero attached hydrogens (tertiary/aromatic N) is 2. The summed E-state index contributed by atoms with van der Waals surface area (Å²) in [5, 5.41) is -0.330. The fourth-order valence-corrected chi connectivity index (χ4v) is 5.24. The fourth-order valence-electron chi connectivity index (χ4n) is 3.54. The smallest absolute Gasteiger partial charge is 0.192 e. The largest absolute Gasteiger partial charge is 0.370 e. The first-order chi connectivity index (χ1) is 8.33. The van der Waals surface area contributed by atoms with Crippen molar-refractivity contribution < 1.29 is 8.42 Å². The van der Waals surface area contributed by atoms with Gasteiger partial charge in [-0.05, 0) is 32.6 Å². The summed E-state index contributed by atoms with van der Waals surface area (Å²) in [7, 11) is -3.06. The van der Waals surface area contributed by atoms with Gasteiger partial charge in [0.25, 0.3) is 0 Å². The molecule has 1 fully saturated rings. The third kappa shape index (κ3) is 1.90. The van der Waals surface area contributed by atoms with E-state index in [2.05, 4.69) is 23.7 Å². The Kier molecular flexibility index (Phi) is 3.34. The van der Waals surface area contributed by atoms with Crippen LogP contribution in [0.25, 0.3) is 0 Å². The van der Waals surface area contributed by atoms with Crippen molar-refractivity contribution in [2.24, 2.45) is 10.7 Å². The van der Waals surface area contributed by atoms with E-state index in [1.165, 1.54) is 6.26 Å². The molecule has 2 aliphatic rings. The van der Waals surface area contributed by atoms with Gasteiger partial charge in [-0.2, -0.15) is 0 Å². The monoisotopic (exact) mass is 273 g/mol.